The Morgan fingerprint density at radius 1 is 1.23 bits per heavy atom. The minimum absolute atomic E-state index is 0.0664. The SMILES string of the molecule is C[C@@H](Nc1nc(Cl)nc(C2=C(F)C(=O)CCC2)n1)C(F)(F)F. The second-order valence-corrected chi connectivity index (χ2v) is 5.07. The maximum atomic E-state index is 13.8. The summed E-state index contributed by atoms with van der Waals surface area (Å²) in [5.74, 6) is -2.33. The fraction of sp³-hybridized carbons (Fsp3) is 0.500. The minimum Gasteiger partial charge on any atom is -0.343 e. The molecule has 1 atom stereocenters. The predicted molar refractivity (Wildman–Crippen MR) is 70.9 cm³/mol. The maximum absolute atomic E-state index is 13.8. The number of ketones is 1. The van der Waals surface area contributed by atoms with Gasteiger partial charge in [-0.25, -0.2) is 4.39 Å². The number of halogens is 5. The van der Waals surface area contributed by atoms with Crippen LogP contribution in [0, 0.1) is 0 Å². The lowest BCUT2D eigenvalue weighted by Gasteiger charge is -2.18. The molecule has 0 aromatic carbocycles. The smallest absolute Gasteiger partial charge is 0.343 e. The summed E-state index contributed by atoms with van der Waals surface area (Å²) < 4.78 is 51.4. The van der Waals surface area contributed by atoms with Gasteiger partial charge in [0, 0.05) is 12.0 Å². The number of anilines is 1. The second kappa shape index (κ2) is 6.15. The number of rotatable bonds is 3. The Morgan fingerprint density at radius 2 is 1.91 bits per heavy atom. The number of nitrogens with zero attached hydrogens (tertiary/aromatic N) is 3. The number of hydrogen-bond acceptors (Lipinski definition) is 5. The molecule has 1 heterocycles. The molecule has 5 nitrogen and oxygen atoms in total. The Labute approximate surface area is 127 Å². The van der Waals surface area contributed by atoms with Gasteiger partial charge in [-0.15, -0.1) is 0 Å². The van der Waals surface area contributed by atoms with Gasteiger partial charge < -0.3 is 5.32 Å². The van der Waals surface area contributed by atoms with Crippen LogP contribution in [0.3, 0.4) is 0 Å². The van der Waals surface area contributed by atoms with Gasteiger partial charge in [0.25, 0.3) is 0 Å². The number of nitrogens with one attached hydrogen (secondary N) is 1. The Morgan fingerprint density at radius 3 is 2.55 bits per heavy atom. The summed E-state index contributed by atoms with van der Waals surface area (Å²) >= 11 is 5.64. The van der Waals surface area contributed by atoms with Crippen molar-refractivity contribution in [2.24, 2.45) is 0 Å². The van der Waals surface area contributed by atoms with Crippen LogP contribution in [-0.2, 0) is 4.79 Å². The fourth-order valence-electron chi connectivity index (χ4n) is 1.85. The van der Waals surface area contributed by atoms with Gasteiger partial charge in [0.15, 0.2) is 17.4 Å². The van der Waals surface area contributed by atoms with E-state index in [1.165, 1.54) is 0 Å². The molecule has 0 unspecified atom stereocenters. The second-order valence-electron chi connectivity index (χ2n) is 4.73. The number of Topliss-reactive ketones (excluding diaryl/α,β-unsaturated/α-hetero) is 1. The first-order valence-corrected chi connectivity index (χ1v) is 6.73. The van der Waals surface area contributed by atoms with E-state index < -0.39 is 29.8 Å². The van der Waals surface area contributed by atoms with Gasteiger partial charge in [0.2, 0.25) is 11.2 Å². The van der Waals surface area contributed by atoms with Crippen molar-refractivity contribution in [1.82, 2.24) is 15.0 Å². The van der Waals surface area contributed by atoms with E-state index in [2.05, 4.69) is 15.0 Å². The molecule has 0 amide bonds. The third kappa shape index (κ3) is 3.70. The molecule has 1 aromatic rings. The average molecular weight is 339 g/mol. The van der Waals surface area contributed by atoms with E-state index in [0.717, 1.165) is 6.92 Å². The maximum Gasteiger partial charge on any atom is 0.408 e. The first-order valence-electron chi connectivity index (χ1n) is 6.35. The van der Waals surface area contributed by atoms with Gasteiger partial charge >= 0.3 is 6.18 Å². The van der Waals surface area contributed by atoms with Gasteiger partial charge in [0.1, 0.15) is 6.04 Å². The first kappa shape index (κ1) is 16.6. The monoisotopic (exact) mass is 338 g/mol. The van der Waals surface area contributed by atoms with E-state index >= 15 is 0 Å². The molecular weight excluding hydrogens is 328 g/mol. The molecule has 2 rings (SSSR count). The molecule has 1 N–H and O–H groups in total. The topological polar surface area (TPSA) is 67.8 Å². The van der Waals surface area contributed by atoms with Crippen molar-refractivity contribution in [2.45, 2.75) is 38.4 Å². The molecule has 1 aliphatic rings. The number of aromatic nitrogens is 3. The highest BCUT2D eigenvalue weighted by atomic mass is 35.5. The molecule has 0 bridgehead atoms. The lowest BCUT2D eigenvalue weighted by molar-refractivity contribution is -0.138. The van der Waals surface area contributed by atoms with Gasteiger partial charge in [-0.05, 0) is 31.4 Å². The van der Waals surface area contributed by atoms with Crippen molar-refractivity contribution in [1.29, 1.82) is 0 Å². The number of allylic oxidation sites excluding steroid dienone is 2. The van der Waals surface area contributed by atoms with Crippen LogP contribution < -0.4 is 5.32 Å². The first-order chi connectivity index (χ1) is 10.2. The summed E-state index contributed by atoms with van der Waals surface area (Å²) in [5.41, 5.74) is -0.0664. The zero-order valence-corrected chi connectivity index (χ0v) is 12.1. The molecule has 120 valence electrons. The third-order valence-corrected chi connectivity index (χ3v) is 3.22. The largest absolute Gasteiger partial charge is 0.408 e. The van der Waals surface area contributed by atoms with Gasteiger partial charge in [-0.1, -0.05) is 0 Å². The van der Waals surface area contributed by atoms with Crippen molar-refractivity contribution < 1.29 is 22.4 Å². The van der Waals surface area contributed by atoms with Crippen molar-refractivity contribution in [3.05, 3.63) is 16.9 Å². The number of hydrogen-bond donors (Lipinski definition) is 1. The van der Waals surface area contributed by atoms with E-state index in [4.69, 9.17) is 11.6 Å². The summed E-state index contributed by atoms with van der Waals surface area (Å²) in [7, 11) is 0. The van der Waals surface area contributed by atoms with E-state index in [1.807, 2.05) is 5.32 Å². The van der Waals surface area contributed by atoms with Crippen LogP contribution in [0.4, 0.5) is 23.5 Å². The van der Waals surface area contributed by atoms with Gasteiger partial charge in [-0.3, -0.25) is 4.79 Å². The van der Waals surface area contributed by atoms with Gasteiger partial charge in [0.05, 0.1) is 0 Å². The Hall–Kier alpha value is -1.77. The van der Waals surface area contributed by atoms with Crippen molar-refractivity contribution in [2.75, 3.05) is 5.32 Å². The molecular formula is C12H11ClF4N4O. The Balaban J connectivity index is 2.35. The number of carbonyl (C=O) groups is 1. The molecule has 0 aliphatic heterocycles. The summed E-state index contributed by atoms with van der Waals surface area (Å²) in [6.45, 7) is 0.876. The summed E-state index contributed by atoms with van der Waals surface area (Å²) in [6, 6.07) is -1.93. The van der Waals surface area contributed by atoms with Crippen LogP contribution in [-0.4, -0.2) is 33.0 Å². The number of alkyl halides is 3. The molecule has 0 saturated heterocycles. The molecule has 0 fully saturated rings. The quantitative estimate of drug-likeness (QED) is 0.856. The Kier molecular flexibility index (Phi) is 4.64. The van der Waals surface area contributed by atoms with Crippen LogP contribution >= 0.6 is 11.6 Å². The molecule has 22 heavy (non-hydrogen) atoms. The summed E-state index contributed by atoms with van der Waals surface area (Å²) in [4.78, 5) is 22.3. The average Bonchev–Trinajstić information content (AvgIpc) is 2.40. The van der Waals surface area contributed by atoms with Crippen molar-refractivity contribution in [3.63, 3.8) is 0 Å². The van der Waals surface area contributed by atoms with E-state index in [-0.39, 0.29) is 29.5 Å². The predicted octanol–water partition coefficient (Wildman–Crippen LogP) is 3.32. The number of carbonyl (C=O) groups excluding carboxylic acids is 1. The molecule has 0 radical (unpaired) electrons. The van der Waals surface area contributed by atoms with Crippen LogP contribution in [0.1, 0.15) is 32.0 Å². The van der Waals surface area contributed by atoms with Crippen LogP contribution in [0.15, 0.2) is 5.83 Å². The molecule has 1 aliphatic carbocycles. The summed E-state index contributed by atoms with van der Waals surface area (Å²) in [5, 5.41) is 1.64. The normalized spacial score (nSPS) is 17.6. The minimum atomic E-state index is -4.51. The van der Waals surface area contributed by atoms with Crippen LogP contribution in [0.25, 0.3) is 5.57 Å². The van der Waals surface area contributed by atoms with Crippen molar-refractivity contribution in [3.8, 4) is 0 Å². The van der Waals surface area contributed by atoms with E-state index in [0.29, 0.717) is 6.42 Å². The summed E-state index contributed by atoms with van der Waals surface area (Å²) in [6.07, 6.45) is -3.83. The lowest BCUT2D eigenvalue weighted by Crippen LogP contribution is -2.34. The highest BCUT2D eigenvalue weighted by molar-refractivity contribution is 6.28. The van der Waals surface area contributed by atoms with Crippen molar-refractivity contribution >= 4 is 28.9 Å². The van der Waals surface area contributed by atoms with Gasteiger partial charge in [-0.2, -0.15) is 28.1 Å². The fourth-order valence-corrected chi connectivity index (χ4v) is 2.01. The molecule has 0 saturated carbocycles. The standard InChI is InChI=1S/C12H11ClF4N4O/c1-5(12(15,16)17)18-11-20-9(19-10(13)21-11)6-3-2-4-7(22)8(6)14/h5H,2-4H2,1H3,(H,18,19,20,21)/t5-/m1/s1. The highest BCUT2D eigenvalue weighted by Gasteiger charge is 2.36. The zero-order valence-electron chi connectivity index (χ0n) is 11.3. The zero-order chi connectivity index (χ0) is 16.5. The van der Waals surface area contributed by atoms with E-state index in [9.17, 15) is 22.4 Å². The molecule has 0 spiro atoms. The van der Waals surface area contributed by atoms with E-state index in [1.54, 1.807) is 0 Å². The Bertz CT molecular complexity index is 632. The van der Waals surface area contributed by atoms with Crippen LogP contribution in [0.2, 0.25) is 5.28 Å². The third-order valence-electron chi connectivity index (χ3n) is 3.06. The molecule has 10 heteroatoms. The lowest BCUT2D eigenvalue weighted by atomic mass is 9.97. The molecule has 1 aromatic heterocycles. The van der Waals surface area contributed by atoms with Crippen LogP contribution in [0.5, 0.6) is 0 Å². The highest BCUT2D eigenvalue weighted by Crippen LogP contribution is 2.30.